The lowest BCUT2D eigenvalue weighted by Gasteiger charge is -2.13. The summed E-state index contributed by atoms with van der Waals surface area (Å²) in [5.74, 6) is 2.30. The molecule has 2 aromatic rings. The maximum atomic E-state index is 4.72. The quantitative estimate of drug-likeness (QED) is 0.854. The van der Waals surface area contributed by atoms with Gasteiger partial charge in [-0.3, -0.25) is 0 Å². The Balaban J connectivity index is 1.49. The minimum atomic E-state index is 0.141. The van der Waals surface area contributed by atoms with E-state index in [-0.39, 0.29) is 5.41 Å². The Labute approximate surface area is 142 Å². The average molecular weight is 334 g/mol. The second kappa shape index (κ2) is 7.09. The molecule has 0 radical (unpaired) electrons. The average Bonchev–Trinajstić information content (AvgIpc) is 3.05. The van der Waals surface area contributed by atoms with Gasteiger partial charge in [-0.25, -0.2) is 4.98 Å². The van der Waals surface area contributed by atoms with E-state index in [0.29, 0.717) is 0 Å². The summed E-state index contributed by atoms with van der Waals surface area (Å²) in [6, 6.07) is 0. The molecule has 1 N–H and O–H groups in total. The first-order chi connectivity index (χ1) is 11.0. The summed E-state index contributed by atoms with van der Waals surface area (Å²) in [5, 5.41) is 15.6. The molecule has 0 atom stereocenters. The van der Waals surface area contributed by atoms with Crippen molar-refractivity contribution in [3.05, 3.63) is 27.7 Å². The molecule has 0 saturated carbocycles. The van der Waals surface area contributed by atoms with Gasteiger partial charge >= 0.3 is 0 Å². The highest BCUT2D eigenvalue weighted by Gasteiger charge is 2.18. The number of hydrogen-bond acceptors (Lipinski definition) is 5. The summed E-state index contributed by atoms with van der Waals surface area (Å²) in [7, 11) is 0. The van der Waals surface area contributed by atoms with Gasteiger partial charge in [0.1, 0.15) is 11.6 Å². The Hall–Kier alpha value is -1.27. The number of hydrogen-bond donors (Lipinski definition) is 1. The predicted molar refractivity (Wildman–Crippen MR) is 93.8 cm³/mol. The van der Waals surface area contributed by atoms with Crippen molar-refractivity contribution in [1.82, 2.24) is 25.1 Å². The van der Waals surface area contributed by atoms with Crippen molar-refractivity contribution >= 4 is 11.3 Å². The zero-order valence-corrected chi connectivity index (χ0v) is 15.2. The second-order valence-electron chi connectivity index (χ2n) is 7.32. The number of rotatable bonds is 5. The van der Waals surface area contributed by atoms with Gasteiger partial charge in [0.15, 0.2) is 0 Å². The number of nitrogens with zero attached hydrogens (tertiary/aromatic N) is 4. The molecule has 5 nitrogen and oxygen atoms in total. The number of aryl methyl sites for hydroxylation is 1. The molecule has 0 aromatic carbocycles. The molecule has 0 saturated heterocycles. The van der Waals surface area contributed by atoms with Crippen LogP contribution in [0.4, 0.5) is 0 Å². The van der Waals surface area contributed by atoms with Crippen LogP contribution >= 0.6 is 11.3 Å². The Kier molecular flexibility index (Phi) is 5.11. The molecule has 0 bridgehead atoms. The van der Waals surface area contributed by atoms with Gasteiger partial charge in [0.25, 0.3) is 0 Å². The Morgan fingerprint density at radius 1 is 1.22 bits per heavy atom. The molecule has 0 unspecified atom stereocenters. The van der Waals surface area contributed by atoms with Crippen LogP contribution in [0.5, 0.6) is 0 Å². The van der Waals surface area contributed by atoms with Crippen LogP contribution in [0, 0.1) is 0 Å². The van der Waals surface area contributed by atoms with Gasteiger partial charge in [0.05, 0.1) is 10.7 Å². The van der Waals surface area contributed by atoms with E-state index >= 15 is 0 Å². The molecular formula is C17H27N5S. The molecule has 1 aliphatic rings. The molecule has 126 valence electrons. The first kappa shape index (κ1) is 16.6. The number of fused-ring (bicyclic) bond motifs is 1. The zero-order valence-electron chi connectivity index (χ0n) is 14.4. The molecule has 6 heteroatoms. The van der Waals surface area contributed by atoms with Gasteiger partial charge in [-0.05, 0) is 12.8 Å². The van der Waals surface area contributed by atoms with Crippen LogP contribution in [0.2, 0.25) is 0 Å². The lowest BCUT2D eigenvalue weighted by Crippen LogP contribution is -2.19. The molecule has 0 aliphatic carbocycles. The number of thiazole rings is 1. The molecular weight excluding hydrogens is 306 g/mol. The largest absolute Gasteiger partial charge is 0.315 e. The first-order valence-corrected chi connectivity index (χ1v) is 9.48. The Morgan fingerprint density at radius 2 is 2.09 bits per heavy atom. The smallest absolute Gasteiger partial charge is 0.134 e. The predicted octanol–water partition coefficient (Wildman–Crippen LogP) is 3.09. The molecule has 0 amide bonds. The van der Waals surface area contributed by atoms with E-state index in [0.717, 1.165) is 44.0 Å². The van der Waals surface area contributed by atoms with Gasteiger partial charge in [0.2, 0.25) is 0 Å². The molecule has 0 spiro atoms. The highest BCUT2D eigenvalue weighted by Crippen LogP contribution is 2.25. The fourth-order valence-electron chi connectivity index (χ4n) is 2.88. The van der Waals surface area contributed by atoms with E-state index in [9.17, 15) is 0 Å². The van der Waals surface area contributed by atoms with Gasteiger partial charge in [-0.2, -0.15) is 0 Å². The van der Waals surface area contributed by atoms with Crippen LogP contribution in [0.15, 0.2) is 5.38 Å². The summed E-state index contributed by atoms with van der Waals surface area (Å²) in [4.78, 5) is 4.72. The van der Waals surface area contributed by atoms with Crippen LogP contribution in [0.1, 0.15) is 62.4 Å². The van der Waals surface area contributed by atoms with Crippen LogP contribution in [-0.2, 0) is 31.3 Å². The van der Waals surface area contributed by atoms with Crippen molar-refractivity contribution < 1.29 is 0 Å². The van der Waals surface area contributed by atoms with Gasteiger partial charge in [-0.1, -0.05) is 27.2 Å². The van der Waals surface area contributed by atoms with Crippen molar-refractivity contribution in [1.29, 1.82) is 0 Å². The molecule has 3 heterocycles. The molecule has 3 rings (SSSR count). The molecule has 0 fully saturated rings. The van der Waals surface area contributed by atoms with E-state index in [4.69, 9.17) is 4.98 Å². The normalized spacial score (nSPS) is 15.4. The fraction of sp³-hybridized carbons (Fsp3) is 0.706. The monoisotopic (exact) mass is 333 g/mol. The fourth-order valence-corrected chi connectivity index (χ4v) is 3.79. The van der Waals surface area contributed by atoms with Crippen molar-refractivity contribution in [2.45, 2.75) is 71.4 Å². The van der Waals surface area contributed by atoms with E-state index in [1.54, 1.807) is 11.3 Å². The highest BCUT2D eigenvalue weighted by molar-refractivity contribution is 7.09. The highest BCUT2D eigenvalue weighted by atomic mass is 32.1. The van der Waals surface area contributed by atoms with Gasteiger partial charge < -0.3 is 9.88 Å². The SMILES string of the molecule is CC(C)(C)c1nc(CNCCc2nnc3n2CCCCC3)cs1. The first-order valence-electron chi connectivity index (χ1n) is 8.60. The van der Waals surface area contributed by atoms with E-state index in [2.05, 4.69) is 46.2 Å². The van der Waals surface area contributed by atoms with Crippen LogP contribution < -0.4 is 5.32 Å². The van der Waals surface area contributed by atoms with E-state index in [1.807, 2.05) is 0 Å². The van der Waals surface area contributed by atoms with Crippen LogP contribution in [0.25, 0.3) is 0 Å². The molecule has 23 heavy (non-hydrogen) atoms. The van der Waals surface area contributed by atoms with Crippen molar-refractivity contribution in [2.75, 3.05) is 6.54 Å². The second-order valence-corrected chi connectivity index (χ2v) is 8.17. The topological polar surface area (TPSA) is 55.6 Å². The van der Waals surface area contributed by atoms with E-state index < -0.39 is 0 Å². The third kappa shape index (κ3) is 4.18. The zero-order chi connectivity index (χ0) is 16.3. The summed E-state index contributed by atoms with van der Waals surface area (Å²) in [6.45, 7) is 9.45. The third-order valence-corrected chi connectivity index (χ3v) is 5.53. The Bertz CT molecular complexity index is 638. The van der Waals surface area contributed by atoms with Gasteiger partial charge in [0, 0.05) is 43.3 Å². The summed E-state index contributed by atoms with van der Waals surface area (Å²) in [5.41, 5.74) is 1.28. The van der Waals surface area contributed by atoms with Crippen molar-refractivity contribution in [3.63, 3.8) is 0 Å². The Morgan fingerprint density at radius 3 is 2.87 bits per heavy atom. The summed E-state index contributed by atoms with van der Waals surface area (Å²) < 4.78 is 2.33. The minimum Gasteiger partial charge on any atom is -0.315 e. The van der Waals surface area contributed by atoms with Crippen molar-refractivity contribution in [2.24, 2.45) is 0 Å². The van der Waals surface area contributed by atoms with Crippen LogP contribution in [-0.4, -0.2) is 26.3 Å². The summed E-state index contributed by atoms with van der Waals surface area (Å²) >= 11 is 1.76. The maximum Gasteiger partial charge on any atom is 0.134 e. The standard InChI is InChI=1S/C17H27N5S/c1-17(2,3)16-19-13(12-23-16)11-18-9-8-15-21-20-14-7-5-4-6-10-22(14)15/h12,18H,4-11H2,1-3H3. The van der Waals surface area contributed by atoms with E-state index in [1.165, 1.54) is 30.1 Å². The van der Waals surface area contributed by atoms with Crippen LogP contribution in [0.3, 0.4) is 0 Å². The summed E-state index contributed by atoms with van der Waals surface area (Å²) in [6.07, 6.45) is 5.81. The third-order valence-electron chi connectivity index (χ3n) is 4.21. The maximum absolute atomic E-state index is 4.72. The lowest BCUT2D eigenvalue weighted by atomic mass is 9.98. The van der Waals surface area contributed by atoms with Gasteiger partial charge in [-0.15, -0.1) is 21.5 Å². The molecule has 1 aliphatic heterocycles. The van der Waals surface area contributed by atoms with Crippen molar-refractivity contribution in [3.8, 4) is 0 Å². The number of nitrogens with one attached hydrogen (secondary N) is 1. The minimum absolute atomic E-state index is 0.141. The molecule has 2 aromatic heterocycles. The lowest BCUT2D eigenvalue weighted by molar-refractivity contribution is 0.574. The number of aromatic nitrogens is 4.